The van der Waals surface area contributed by atoms with Crippen molar-refractivity contribution in [1.82, 2.24) is 4.98 Å². The molecule has 0 amide bonds. The predicted molar refractivity (Wildman–Crippen MR) is 51.5 cm³/mol. The van der Waals surface area contributed by atoms with Crippen molar-refractivity contribution in [3.63, 3.8) is 0 Å². The molecule has 1 aromatic heterocycles. The highest BCUT2D eigenvalue weighted by Gasteiger charge is 1.87. The maximum absolute atomic E-state index is 5.59. The van der Waals surface area contributed by atoms with Gasteiger partial charge in [-0.1, -0.05) is 18.2 Å². The third-order valence-electron chi connectivity index (χ3n) is 1.50. The molecule has 0 aliphatic rings. The smallest absolute Gasteiger partial charge is 0.0340 e. The van der Waals surface area contributed by atoms with Crippen molar-refractivity contribution in [2.45, 2.75) is 19.4 Å². The summed E-state index contributed by atoms with van der Waals surface area (Å²) in [6.45, 7) is 1.99. The summed E-state index contributed by atoms with van der Waals surface area (Å²) in [6, 6.07) is 4.17. The van der Waals surface area contributed by atoms with Crippen molar-refractivity contribution in [2.24, 2.45) is 5.73 Å². The third kappa shape index (κ3) is 3.30. The summed E-state index contributed by atoms with van der Waals surface area (Å²) in [4.78, 5) is 4.00. The molecule has 1 rings (SSSR count). The highest BCUT2D eigenvalue weighted by Crippen LogP contribution is 2.00. The van der Waals surface area contributed by atoms with Gasteiger partial charge in [0.15, 0.2) is 0 Å². The number of aromatic nitrogens is 1. The van der Waals surface area contributed by atoms with Gasteiger partial charge in [0, 0.05) is 18.4 Å². The fraction of sp³-hybridized carbons (Fsp3) is 0.300. The molecular weight excluding hydrogens is 148 g/mol. The highest BCUT2D eigenvalue weighted by molar-refractivity contribution is 5.47. The van der Waals surface area contributed by atoms with E-state index in [9.17, 15) is 0 Å². The number of rotatable bonds is 3. The van der Waals surface area contributed by atoms with E-state index in [-0.39, 0.29) is 6.04 Å². The average Bonchev–Trinajstić information content (AvgIpc) is 2.05. The molecule has 0 saturated heterocycles. The van der Waals surface area contributed by atoms with Crippen LogP contribution in [0.25, 0.3) is 6.08 Å². The number of hydrogen-bond donors (Lipinski definition) is 1. The Labute approximate surface area is 73.1 Å². The molecule has 1 aromatic rings. The second kappa shape index (κ2) is 4.67. The van der Waals surface area contributed by atoms with E-state index in [1.165, 1.54) is 0 Å². The lowest BCUT2D eigenvalue weighted by Gasteiger charge is -1.97. The maximum atomic E-state index is 5.59. The second-order valence-electron chi connectivity index (χ2n) is 2.90. The van der Waals surface area contributed by atoms with E-state index in [1.54, 1.807) is 6.20 Å². The second-order valence-corrected chi connectivity index (χ2v) is 2.90. The first-order chi connectivity index (χ1) is 5.79. The Hall–Kier alpha value is -1.15. The zero-order chi connectivity index (χ0) is 8.81. The van der Waals surface area contributed by atoms with Gasteiger partial charge in [0.1, 0.15) is 0 Å². The normalized spacial score (nSPS) is 13.5. The van der Waals surface area contributed by atoms with Crippen LogP contribution < -0.4 is 5.73 Å². The van der Waals surface area contributed by atoms with Crippen molar-refractivity contribution in [2.75, 3.05) is 0 Å². The van der Waals surface area contributed by atoms with Gasteiger partial charge in [0.2, 0.25) is 0 Å². The molecule has 0 spiro atoms. The first-order valence-electron chi connectivity index (χ1n) is 4.11. The van der Waals surface area contributed by atoms with Crippen molar-refractivity contribution in [1.29, 1.82) is 0 Å². The molecule has 0 saturated carbocycles. The van der Waals surface area contributed by atoms with Gasteiger partial charge < -0.3 is 5.73 Å². The van der Waals surface area contributed by atoms with Crippen LogP contribution in [0.5, 0.6) is 0 Å². The van der Waals surface area contributed by atoms with Gasteiger partial charge in [-0.05, 0) is 25.0 Å². The van der Waals surface area contributed by atoms with E-state index in [4.69, 9.17) is 5.73 Å². The largest absolute Gasteiger partial charge is 0.328 e. The van der Waals surface area contributed by atoms with Crippen LogP contribution in [0.4, 0.5) is 0 Å². The van der Waals surface area contributed by atoms with Crippen LogP contribution in [0.1, 0.15) is 18.9 Å². The molecule has 0 fully saturated rings. The summed E-state index contributed by atoms with van der Waals surface area (Å²) in [7, 11) is 0. The van der Waals surface area contributed by atoms with Crippen LogP contribution in [-0.4, -0.2) is 11.0 Å². The molecule has 0 aromatic carbocycles. The summed E-state index contributed by atoms with van der Waals surface area (Å²) in [5, 5.41) is 0. The van der Waals surface area contributed by atoms with Crippen LogP contribution in [0, 0.1) is 0 Å². The lowest BCUT2D eigenvalue weighted by molar-refractivity contribution is 0.759. The van der Waals surface area contributed by atoms with E-state index in [1.807, 2.05) is 31.3 Å². The molecular formula is C10H14N2. The fourth-order valence-corrected chi connectivity index (χ4v) is 0.893. The average molecular weight is 162 g/mol. The van der Waals surface area contributed by atoms with Crippen molar-refractivity contribution < 1.29 is 0 Å². The molecule has 2 nitrogen and oxygen atoms in total. The van der Waals surface area contributed by atoms with Crippen molar-refractivity contribution in [3.05, 3.63) is 36.2 Å². The summed E-state index contributed by atoms with van der Waals surface area (Å²) >= 11 is 0. The van der Waals surface area contributed by atoms with Crippen molar-refractivity contribution in [3.8, 4) is 0 Å². The summed E-state index contributed by atoms with van der Waals surface area (Å²) < 4.78 is 0. The summed E-state index contributed by atoms with van der Waals surface area (Å²) in [5.74, 6) is 0. The highest BCUT2D eigenvalue weighted by atomic mass is 14.6. The Bertz CT molecular complexity index is 239. The van der Waals surface area contributed by atoms with E-state index in [0.717, 1.165) is 12.0 Å². The topological polar surface area (TPSA) is 38.9 Å². The Morgan fingerprint density at radius 3 is 3.08 bits per heavy atom. The zero-order valence-corrected chi connectivity index (χ0v) is 7.27. The van der Waals surface area contributed by atoms with Gasteiger partial charge in [0.05, 0.1) is 0 Å². The van der Waals surface area contributed by atoms with Crippen LogP contribution in [0.2, 0.25) is 0 Å². The van der Waals surface area contributed by atoms with E-state index in [2.05, 4.69) is 11.1 Å². The minimum atomic E-state index is 0.234. The molecule has 0 unspecified atom stereocenters. The number of hydrogen-bond acceptors (Lipinski definition) is 2. The Kier molecular flexibility index (Phi) is 3.48. The maximum Gasteiger partial charge on any atom is 0.0340 e. The molecule has 1 atom stereocenters. The lowest BCUT2D eigenvalue weighted by Crippen LogP contribution is -2.12. The predicted octanol–water partition coefficient (Wildman–Crippen LogP) is 1.83. The number of nitrogens with zero attached hydrogens (tertiary/aromatic N) is 1. The molecule has 1 heterocycles. The molecule has 64 valence electrons. The first-order valence-corrected chi connectivity index (χ1v) is 4.11. The number of pyridine rings is 1. The molecule has 12 heavy (non-hydrogen) atoms. The van der Waals surface area contributed by atoms with Gasteiger partial charge in [-0.3, -0.25) is 4.98 Å². The van der Waals surface area contributed by atoms with E-state index >= 15 is 0 Å². The van der Waals surface area contributed by atoms with Crippen LogP contribution in [0.3, 0.4) is 0 Å². The van der Waals surface area contributed by atoms with Gasteiger partial charge in [0.25, 0.3) is 0 Å². The molecule has 0 bridgehead atoms. The van der Waals surface area contributed by atoms with Crippen molar-refractivity contribution >= 4 is 6.08 Å². The van der Waals surface area contributed by atoms with Gasteiger partial charge >= 0.3 is 0 Å². The van der Waals surface area contributed by atoms with Gasteiger partial charge in [-0.15, -0.1) is 0 Å². The van der Waals surface area contributed by atoms with E-state index in [0.29, 0.717) is 0 Å². The summed E-state index contributed by atoms with van der Waals surface area (Å²) in [5.41, 5.74) is 6.71. The molecule has 0 aliphatic carbocycles. The summed E-state index contributed by atoms with van der Waals surface area (Å²) in [6.07, 6.45) is 8.62. The van der Waals surface area contributed by atoms with Gasteiger partial charge in [-0.25, -0.2) is 0 Å². The van der Waals surface area contributed by atoms with Crippen LogP contribution in [-0.2, 0) is 0 Å². The van der Waals surface area contributed by atoms with E-state index < -0.39 is 0 Å². The Morgan fingerprint density at radius 2 is 2.50 bits per heavy atom. The molecule has 0 radical (unpaired) electrons. The van der Waals surface area contributed by atoms with Crippen LogP contribution >= 0.6 is 0 Å². The quantitative estimate of drug-likeness (QED) is 0.736. The minimum absolute atomic E-state index is 0.234. The Balaban J connectivity index is 2.47. The Morgan fingerprint density at radius 1 is 1.67 bits per heavy atom. The van der Waals surface area contributed by atoms with Gasteiger partial charge in [-0.2, -0.15) is 0 Å². The lowest BCUT2D eigenvalue weighted by atomic mass is 10.2. The minimum Gasteiger partial charge on any atom is -0.328 e. The molecule has 2 N–H and O–H groups in total. The zero-order valence-electron chi connectivity index (χ0n) is 7.27. The third-order valence-corrected chi connectivity index (χ3v) is 1.50. The molecule has 2 heteroatoms. The first kappa shape index (κ1) is 8.94. The fourth-order valence-electron chi connectivity index (χ4n) is 0.893. The monoisotopic (exact) mass is 162 g/mol. The number of nitrogens with two attached hydrogens (primary N) is 1. The SMILES string of the molecule is C[C@H](N)C/C=C/c1cccnc1. The molecule has 0 aliphatic heterocycles. The van der Waals surface area contributed by atoms with Crippen LogP contribution in [0.15, 0.2) is 30.6 Å². The standard InChI is InChI=1S/C10H14N2/c1-9(11)4-2-5-10-6-3-7-12-8-10/h2-3,5-9H,4,11H2,1H3/b5-2+/t9-/m0/s1.